The molecule has 0 aliphatic rings. The van der Waals surface area contributed by atoms with E-state index >= 15 is 0 Å². The number of anilines is 1. The van der Waals surface area contributed by atoms with Crippen LogP contribution in [0.4, 0.5) is 5.69 Å². The number of methoxy groups -OCH3 is 1. The van der Waals surface area contributed by atoms with E-state index in [2.05, 4.69) is 10.6 Å². The number of benzene rings is 2. The lowest BCUT2D eigenvalue weighted by atomic mass is 9.92. The zero-order chi connectivity index (χ0) is 19.2. The van der Waals surface area contributed by atoms with E-state index in [1.165, 1.54) is 6.07 Å². The Balaban J connectivity index is 0.00000364. The number of ether oxygens (including phenoxy) is 1. The average molecular weight is 412 g/mol. The first-order chi connectivity index (χ1) is 12.4. The van der Waals surface area contributed by atoms with Crippen molar-refractivity contribution in [2.45, 2.75) is 12.5 Å². The van der Waals surface area contributed by atoms with Crippen molar-refractivity contribution in [3.63, 3.8) is 0 Å². The third-order valence-electron chi connectivity index (χ3n) is 3.91. The van der Waals surface area contributed by atoms with Gasteiger partial charge in [0.25, 0.3) is 5.91 Å². The summed E-state index contributed by atoms with van der Waals surface area (Å²) in [5, 5.41) is 5.66. The Kier molecular flexibility index (Phi) is 8.72. The smallest absolute Gasteiger partial charge is 0.252 e. The lowest BCUT2D eigenvalue weighted by Crippen LogP contribution is -2.45. The summed E-state index contributed by atoms with van der Waals surface area (Å²) >= 11 is 6.18. The van der Waals surface area contributed by atoms with Gasteiger partial charge in [-0.1, -0.05) is 41.9 Å². The fraction of sp³-hybridized carbons (Fsp3) is 0.263. The summed E-state index contributed by atoms with van der Waals surface area (Å²) in [6, 6.07) is 13.8. The van der Waals surface area contributed by atoms with Gasteiger partial charge in [-0.2, -0.15) is 0 Å². The molecule has 1 atom stereocenters. The zero-order valence-corrected chi connectivity index (χ0v) is 16.7. The summed E-state index contributed by atoms with van der Waals surface area (Å²) < 4.78 is 4.88. The van der Waals surface area contributed by atoms with Crippen LogP contribution in [0.5, 0.6) is 0 Å². The van der Waals surface area contributed by atoms with Gasteiger partial charge in [-0.25, -0.2) is 0 Å². The molecule has 2 rings (SSSR count). The highest BCUT2D eigenvalue weighted by molar-refractivity contribution is 6.34. The second kappa shape index (κ2) is 10.3. The highest BCUT2D eigenvalue weighted by atomic mass is 35.5. The van der Waals surface area contributed by atoms with E-state index < -0.39 is 5.54 Å². The van der Waals surface area contributed by atoms with Crippen LogP contribution < -0.4 is 16.4 Å². The SMILES string of the molecule is COCCNC(=O)c1ccc(NC(=O)C(C)(N)c2ccccc2)cc1Cl.Cl. The number of halogens is 2. The van der Waals surface area contributed by atoms with Crippen molar-refractivity contribution >= 4 is 41.5 Å². The molecule has 0 radical (unpaired) electrons. The highest BCUT2D eigenvalue weighted by Crippen LogP contribution is 2.24. The monoisotopic (exact) mass is 411 g/mol. The molecule has 2 aromatic carbocycles. The predicted octanol–water partition coefficient (Wildman–Crippen LogP) is 2.95. The summed E-state index contributed by atoms with van der Waals surface area (Å²) in [7, 11) is 1.55. The molecule has 2 amide bonds. The molecule has 1 unspecified atom stereocenters. The van der Waals surface area contributed by atoms with Crippen molar-refractivity contribution in [1.82, 2.24) is 5.32 Å². The van der Waals surface area contributed by atoms with Crippen LogP contribution in [0.2, 0.25) is 5.02 Å². The minimum absolute atomic E-state index is 0. The molecule has 0 spiro atoms. The van der Waals surface area contributed by atoms with Crippen LogP contribution in [0.25, 0.3) is 0 Å². The van der Waals surface area contributed by atoms with Crippen LogP contribution in [0.15, 0.2) is 48.5 Å². The number of hydrogen-bond donors (Lipinski definition) is 3. The van der Waals surface area contributed by atoms with Crippen molar-refractivity contribution in [3.8, 4) is 0 Å². The van der Waals surface area contributed by atoms with Crippen LogP contribution in [0, 0.1) is 0 Å². The maximum atomic E-state index is 12.6. The molecule has 0 aromatic heterocycles. The Labute approximate surface area is 169 Å². The Morgan fingerprint density at radius 3 is 2.44 bits per heavy atom. The van der Waals surface area contributed by atoms with Crippen LogP contribution in [0.1, 0.15) is 22.8 Å². The van der Waals surface area contributed by atoms with Gasteiger partial charge in [0, 0.05) is 19.3 Å². The van der Waals surface area contributed by atoms with E-state index in [-0.39, 0.29) is 29.2 Å². The number of rotatable bonds is 7. The maximum absolute atomic E-state index is 12.6. The molecule has 0 fully saturated rings. The van der Waals surface area contributed by atoms with Crippen molar-refractivity contribution < 1.29 is 14.3 Å². The van der Waals surface area contributed by atoms with Gasteiger partial charge < -0.3 is 21.1 Å². The van der Waals surface area contributed by atoms with Gasteiger partial charge >= 0.3 is 0 Å². The van der Waals surface area contributed by atoms with Gasteiger partial charge in [0.15, 0.2) is 0 Å². The van der Waals surface area contributed by atoms with Gasteiger partial charge in [0.1, 0.15) is 5.54 Å². The minimum atomic E-state index is -1.20. The Morgan fingerprint density at radius 1 is 1.19 bits per heavy atom. The molecule has 27 heavy (non-hydrogen) atoms. The maximum Gasteiger partial charge on any atom is 0.252 e. The van der Waals surface area contributed by atoms with Crippen molar-refractivity contribution in [2.24, 2.45) is 5.73 Å². The van der Waals surface area contributed by atoms with Gasteiger partial charge in [-0.15, -0.1) is 12.4 Å². The standard InChI is InChI=1S/C19H22ClN3O3.ClH/c1-19(21,13-6-4-3-5-7-13)18(25)23-14-8-9-15(16(20)12-14)17(24)22-10-11-26-2;/h3-9,12H,10-11,21H2,1-2H3,(H,22,24)(H,23,25);1H. The van der Waals surface area contributed by atoms with E-state index in [0.29, 0.717) is 30.0 Å². The molecule has 0 bridgehead atoms. The molecule has 8 heteroatoms. The number of nitrogens with two attached hydrogens (primary N) is 1. The fourth-order valence-electron chi connectivity index (χ4n) is 2.32. The van der Waals surface area contributed by atoms with Crippen LogP contribution >= 0.6 is 24.0 Å². The van der Waals surface area contributed by atoms with E-state index in [4.69, 9.17) is 22.1 Å². The molecule has 0 heterocycles. The third-order valence-corrected chi connectivity index (χ3v) is 4.22. The summed E-state index contributed by atoms with van der Waals surface area (Å²) in [5.74, 6) is -0.685. The van der Waals surface area contributed by atoms with Gasteiger partial charge in [-0.3, -0.25) is 9.59 Å². The summed E-state index contributed by atoms with van der Waals surface area (Å²) in [5.41, 5.74) is 6.46. The molecular formula is C19H23Cl2N3O3. The number of hydrogen-bond acceptors (Lipinski definition) is 4. The topological polar surface area (TPSA) is 93.5 Å². The Morgan fingerprint density at radius 2 is 1.85 bits per heavy atom. The van der Waals surface area contributed by atoms with E-state index in [0.717, 1.165) is 0 Å². The summed E-state index contributed by atoms with van der Waals surface area (Å²) in [4.78, 5) is 24.6. The lowest BCUT2D eigenvalue weighted by Gasteiger charge is -2.24. The van der Waals surface area contributed by atoms with Crippen molar-refractivity contribution in [3.05, 3.63) is 64.7 Å². The third kappa shape index (κ3) is 5.94. The summed E-state index contributed by atoms with van der Waals surface area (Å²) in [6.45, 7) is 2.43. The first kappa shape index (κ1) is 22.9. The molecule has 0 saturated carbocycles. The van der Waals surface area contributed by atoms with Gasteiger partial charge in [0.2, 0.25) is 5.91 Å². The molecular weight excluding hydrogens is 389 g/mol. The largest absolute Gasteiger partial charge is 0.383 e. The van der Waals surface area contributed by atoms with E-state index in [1.54, 1.807) is 38.3 Å². The van der Waals surface area contributed by atoms with Gasteiger partial charge in [0.05, 0.1) is 17.2 Å². The second-order valence-corrected chi connectivity index (χ2v) is 6.37. The van der Waals surface area contributed by atoms with E-state index in [1.807, 2.05) is 18.2 Å². The molecule has 0 saturated heterocycles. The van der Waals surface area contributed by atoms with Crippen LogP contribution in [-0.4, -0.2) is 32.1 Å². The van der Waals surface area contributed by atoms with Gasteiger partial charge in [-0.05, 0) is 30.7 Å². The first-order valence-corrected chi connectivity index (χ1v) is 8.46. The number of carbonyl (C=O) groups is 2. The number of carbonyl (C=O) groups excluding carboxylic acids is 2. The first-order valence-electron chi connectivity index (χ1n) is 8.09. The molecule has 0 aliphatic heterocycles. The quantitative estimate of drug-likeness (QED) is 0.610. The molecule has 0 aliphatic carbocycles. The highest BCUT2D eigenvalue weighted by Gasteiger charge is 2.30. The molecule has 4 N–H and O–H groups in total. The summed E-state index contributed by atoms with van der Waals surface area (Å²) in [6.07, 6.45) is 0. The number of amides is 2. The minimum Gasteiger partial charge on any atom is -0.383 e. The van der Waals surface area contributed by atoms with E-state index in [9.17, 15) is 9.59 Å². The normalized spacial score (nSPS) is 12.4. The number of nitrogens with one attached hydrogen (secondary N) is 2. The predicted molar refractivity (Wildman–Crippen MR) is 110 cm³/mol. The van der Waals surface area contributed by atoms with Crippen LogP contribution in [-0.2, 0) is 15.1 Å². The molecule has 2 aromatic rings. The van der Waals surface area contributed by atoms with Crippen LogP contribution in [0.3, 0.4) is 0 Å². The average Bonchev–Trinajstić information content (AvgIpc) is 2.62. The zero-order valence-electron chi connectivity index (χ0n) is 15.1. The Hall–Kier alpha value is -2.12. The lowest BCUT2D eigenvalue weighted by molar-refractivity contribution is -0.120. The Bertz CT molecular complexity index is 783. The van der Waals surface area contributed by atoms with Crippen molar-refractivity contribution in [2.75, 3.05) is 25.6 Å². The molecule has 6 nitrogen and oxygen atoms in total. The van der Waals surface area contributed by atoms with Crippen molar-refractivity contribution in [1.29, 1.82) is 0 Å². The fourth-order valence-corrected chi connectivity index (χ4v) is 2.58. The molecule has 146 valence electrons. The second-order valence-electron chi connectivity index (χ2n) is 5.97.